The average Bonchev–Trinajstić information content (AvgIpc) is 2.25. The molecule has 0 aliphatic heterocycles. The summed E-state index contributed by atoms with van der Waals surface area (Å²) >= 11 is 0. The van der Waals surface area contributed by atoms with Gasteiger partial charge in [0.05, 0.1) is 5.60 Å². The van der Waals surface area contributed by atoms with Crippen LogP contribution in [-0.2, 0) is 12.0 Å². The largest absolute Gasteiger partial charge is 0.385 e. The van der Waals surface area contributed by atoms with E-state index in [1.165, 1.54) is 5.56 Å². The van der Waals surface area contributed by atoms with Gasteiger partial charge in [-0.1, -0.05) is 31.2 Å². The van der Waals surface area contributed by atoms with E-state index >= 15 is 0 Å². The van der Waals surface area contributed by atoms with Gasteiger partial charge in [-0.25, -0.2) is 0 Å². The quantitative estimate of drug-likeness (QED) is 0.619. The third-order valence-electron chi connectivity index (χ3n) is 3.05. The Morgan fingerprint density at radius 3 is 2.75 bits per heavy atom. The zero-order valence-corrected chi connectivity index (χ0v) is 7.54. The Morgan fingerprint density at radius 2 is 2.08 bits per heavy atom. The molecule has 64 valence electrons. The number of benzene rings is 1. The molecule has 1 aromatic rings. The van der Waals surface area contributed by atoms with Gasteiger partial charge >= 0.3 is 0 Å². The number of aliphatic hydroxyl groups is 1. The Labute approximate surface area is 73.0 Å². The fourth-order valence-electron chi connectivity index (χ4n) is 1.99. The lowest BCUT2D eigenvalue weighted by molar-refractivity contribution is 0.0153. The van der Waals surface area contributed by atoms with E-state index in [0.717, 1.165) is 12.0 Å². The third kappa shape index (κ3) is 0.896. The van der Waals surface area contributed by atoms with Gasteiger partial charge < -0.3 is 5.11 Å². The fraction of sp³-hybridized carbons (Fsp3) is 0.455. The molecule has 1 N–H and O–H groups in total. The first-order chi connectivity index (χ1) is 5.62. The molecule has 0 aromatic heterocycles. The molecular formula is C11H14O. The van der Waals surface area contributed by atoms with Crippen molar-refractivity contribution in [3.63, 3.8) is 0 Å². The van der Waals surface area contributed by atoms with Gasteiger partial charge in [0.1, 0.15) is 0 Å². The molecule has 1 aliphatic carbocycles. The van der Waals surface area contributed by atoms with E-state index in [1.807, 2.05) is 25.1 Å². The SMILES string of the molecule is C[C@H]1Cc2ccccc2[C@@]1(C)O. The molecule has 1 aromatic carbocycles. The minimum atomic E-state index is -0.614. The Kier molecular flexibility index (Phi) is 1.52. The molecule has 0 spiro atoms. The van der Waals surface area contributed by atoms with Crippen molar-refractivity contribution in [3.05, 3.63) is 35.4 Å². The second-order valence-corrected chi connectivity index (χ2v) is 3.91. The van der Waals surface area contributed by atoms with Crippen LogP contribution in [0.2, 0.25) is 0 Å². The number of hydrogen-bond donors (Lipinski definition) is 1. The van der Waals surface area contributed by atoms with Crippen LogP contribution in [0.1, 0.15) is 25.0 Å². The van der Waals surface area contributed by atoms with Gasteiger partial charge in [-0.2, -0.15) is 0 Å². The molecule has 0 amide bonds. The summed E-state index contributed by atoms with van der Waals surface area (Å²) in [4.78, 5) is 0. The van der Waals surface area contributed by atoms with E-state index in [0.29, 0.717) is 5.92 Å². The minimum Gasteiger partial charge on any atom is -0.385 e. The average molecular weight is 162 g/mol. The van der Waals surface area contributed by atoms with Crippen LogP contribution >= 0.6 is 0 Å². The molecule has 0 saturated heterocycles. The van der Waals surface area contributed by atoms with Gasteiger partial charge in [0.2, 0.25) is 0 Å². The molecule has 2 rings (SSSR count). The van der Waals surface area contributed by atoms with Gasteiger partial charge in [0.25, 0.3) is 0 Å². The molecule has 1 aliphatic rings. The Hall–Kier alpha value is -0.820. The Morgan fingerprint density at radius 1 is 1.42 bits per heavy atom. The summed E-state index contributed by atoms with van der Waals surface area (Å²) in [6.45, 7) is 4.00. The van der Waals surface area contributed by atoms with Crippen molar-refractivity contribution in [1.29, 1.82) is 0 Å². The van der Waals surface area contributed by atoms with Crippen LogP contribution < -0.4 is 0 Å². The maximum atomic E-state index is 10.1. The zero-order chi connectivity index (χ0) is 8.77. The van der Waals surface area contributed by atoms with Crippen molar-refractivity contribution in [1.82, 2.24) is 0 Å². The molecule has 0 fully saturated rings. The van der Waals surface area contributed by atoms with Crippen molar-refractivity contribution < 1.29 is 5.11 Å². The van der Waals surface area contributed by atoms with Gasteiger partial charge in [0, 0.05) is 0 Å². The first-order valence-electron chi connectivity index (χ1n) is 4.43. The predicted molar refractivity (Wildman–Crippen MR) is 48.9 cm³/mol. The second-order valence-electron chi connectivity index (χ2n) is 3.91. The van der Waals surface area contributed by atoms with Crippen molar-refractivity contribution in [2.45, 2.75) is 25.9 Å². The number of rotatable bonds is 0. The van der Waals surface area contributed by atoms with Crippen LogP contribution in [0.4, 0.5) is 0 Å². The monoisotopic (exact) mass is 162 g/mol. The van der Waals surface area contributed by atoms with Gasteiger partial charge in [0.15, 0.2) is 0 Å². The summed E-state index contributed by atoms with van der Waals surface area (Å²) in [6, 6.07) is 8.16. The molecule has 0 bridgehead atoms. The molecule has 2 atom stereocenters. The molecule has 0 saturated carbocycles. The normalized spacial score (nSPS) is 33.4. The fourth-order valence-corrected chi connectivity index (χ4v) is 1.99. The summed E-state index contributed by atoms with van der Waals surface area (Å²) in [5.74, 6) is 0.342. The van der Waals surface area contributed by atoms with E-state index in [1.54, 1.807) is 0 Å². The maximum absolute atomic E-state index is 10.1. The van der Waals surface area contributed by atoms with E-state index in [4.69, 9.17) is 0 Å². The predicted octanol–water partition coefficient (Wildman–Crippen LogP) is 2.09. The number of hydrogen-bond acceptors (Lipinski definition) is 1. The number of fused-ring (bicyclic) bond motifs is 1. The lowest BCUT2D eigenvalue weighted by atomic mass is 9.91. The lowest BCUT2D eigenvalue weighted by Crippen LogP contribution is -2.24. The molecule has 1 nitrogen and oxygen atoms in total. The summed E-state index contributed by atoms with van der Waals surface area (Å²) in [5, 5.41) is 10.1. The van der Waals surface area contributed by atoms with Gasteiger partial charge in [-0.15, -0.1) is 0 Å². The van der Waals surface area contributed by atoms with E-state index < -0.39 is 5.60 Å². The van der Waals surface area contributed by atoms with E-state index in [9.17, 15) is 5.11 Å². The summed E-state index contributed by atoms with van der Waals surface area (Å²) in [7, 11) is 0. The molecule has 0 radical (unpaired) electrons. The first-order valence-corrected chi connectivity index (χ1v) is 4.43. The van der Waals surface area contributed by atoms with Gasteiger partial charge in [-0.05, 0) is 30.4 Å². The van der Waals surface area contributed by atoms with E-state index in [-0.39, 0.29) is 0 Å². The maximum Gasteiger partial charge on any atom is 0.0899 e. The standard InChI is InChI=1S/C11H14O/c1-8-7-9-5-3-4-6-10(9)11(8,2)12/h3-6,8,12H,7H2,1-2H3/t8-,11-/m0/s1. The molecule has 0 unspecified atom stereocenters. The topological polar surface area (TPSA) is 20.2 Å². The van der Waals surface area contributed by atoms with E-state index in [2.05, 4.69) is 13.0 Å². The summed E-state index contributed by atoms with van der Waals surface area (Å²) in [5.41, 5.74) is 1.80. The second kappa shape index (κ2) is 2.33. The van der Waals surface area contributed by atoms with Crippen molar-refractivity contribution >= 4 is 0 Å². The van der Waals surface area contributed by atoms with Crippen LogP contribution in [0.15, 0.2) is 24.3 Å². The molecule has 12 heavy (non-hydrogen) atoms. The molecule has 1 heteroatoms. The van der Waals surface area contributed by atoms with Crippen molar-refractivity contribution in [3.8, 4) is 0 Å². The molecular weight excluding hydrogens is 148 g/mol. The summed E-state index contributed by atoms with van der Waals surface area (Å²) < 4.78 is 0. The van der Waals surface area contributed by atoms with Gasteiger partial charge in [-0.3, -0.25) is 0 Å². The summed E-state index contributed by atoms with van der Waals surface area (Å²) in [6.07, 6.45) is 1.00. The third-order valence-corrected chi connectivity index (χ3v) is 3.05. The highest BCUT2D eigenvalue weighted by Crippen LogP contribution is 2.40. The van der Waals surface area contributed by atoms with Crippen LogP contribution in [0.3, 0.4) is 0 Å². The lowest BCUT2D eigenvalue weighted by Gasteiger charge is -2.23. The highest BCUT2D eigenvalue weighted by atomic mass is 16.3. The minimum absolute atomic E-state index is 0.342. The Balaban J connectivity index is 2.55. The van der Waals surface area contributed by atoms with Crippen LogP contribution in [0.25, 0.3) is 0 Å². The van der Waals surface area contributed by atoms with Crippen molar-refractivity contribution in [2.24, 2.45) is 5.92 Å². The van der Waals surface area contributed by atoms with Crippen LogP contribution in [-0.4, -0.2) is 5.11 Å². The first kappa shape index (κ1) is 7.81. The highest BCUT2D eigenvalue weighted by molar-refractivity contribution is 5.37. The highest BCUT2D eigenvalue weighted by Gasteiger charge is 2.37. The van der Waals surface area contributed by atoms with Crippen LogP contribution in [0.5, 0.6) is 0 Å². The van der Waals surface area contributed by atoms with Crippen molar-refractivity contribution in [2.75, 3.05) is 0 Å². The molecule has 0 heterocycles. The Bertz CT molecular complexity index is 302. The zero-order valence-electron chi connectivity index (χ0n) is 7.54. The smallest absolute Gasteiger partial charge is 0.0899 e. The van der Waals surface area contributed by atoms with Crippen LogP contribution in [0, 0.1) is 5.92 Å².